The Balaban J connectivity index is 1.90. The van der Waals surface area contributed by atoms with Crippen molar-refractivity contribution in [1.82, 2.24) is 14.5 Å². The predicted octanol–water partition coefficient (Wildman–Crippen LogP) is 1.04. The molecule has 7 nitrogen and oxygen atoms in total. The summed E-state index contributed by atoms with van der Waals surface area (Å²) in [6.45, 7) is 4.87. The van der Waals surface area contributed by atoms with Gasteiger partial charge in [-0.2, -0.15) is 5.26 Å². The Morgan fingerprint density at radius 3 is 3.05 bits per heavy atom. The van der Waals surface area contributed by atoms with Crippen LogP contribution in [0.2, 0.25) is 0 Å². The summed E-state index contributed by atoms with van der Waals surface area (Å²) in [4.78, 5) is 8.49. The van der Waals surface area contributed by atoms with Crippen LogP contribution in [-0.2, 0) is 16.0 Å². The molecule has 0 saturated carbocycles. The topological polar surface area (TPSA) is 99.0 Å². The van der Waals surface area contributed by atoms with Gasteiger partial charge in [-0.1, -0.05) is 0 Å². The predicted molar refractivity (Wildman–Crippen MR) is 71.6 cm³/mol. The molecule has 2 aromatic heterocycles. The molecule has 1 fully saturated rings. The fourth-order valence-electron chi connectivity index (χ4n) is 2.30. The molecule has 0 bridgehead atoms. The lowest BCUT2D eigenvalue weighted by atomic mass is 10.2. The molecule has 2 N–H and O–H groups in total. The highest BCUT2D eigenvalue weighted by Crippen LogP contribution is 2.24. The van der Waals surface area contributed by atoms with Crippen LogP contribution in [-0.4, -0.2) is 33.0 Å². The van der Waals surface area contributed by atoms with Gasteiger partial charge in [-0.25, -0.2) is 9.97 Å². The van der Waals surface area contributed by atoms with Crippen molar-refractivity contribution < 1.29 is 9.47 Å². The zero-order valence-electron chi connectivity index (χ0n) is 11.3. The number of rotatable bonds is 2. The average Bonchev–Trinajstić information content (AvgIpc) is 2.93. The van der Waals surface area contributed by atoms with Crippen LogP contribution in [0.3, 0.4) is 0 Å². The number of imidazole rings is 1. The number of aromatic nitrogens is 3. The zero-order valence-corrected chi connectivity index (χ0v) is 11.3. The van der Waals surface area contributed by atoms with Gasteiger partial charge in [0, 0.05) is 0 Å². The van der Waals surface area contributed by atoms with Gasteiger partial charge in [-0.05, 0) is 19.9 Å². The van der Waals surface area contributed by atoms with Crippen LogP contribution in [0, 0.1) is 11.3 Å². The molecule has 0 aliphatic carbocycles. The number of nitrogen functional groups attached to an aromatic ring is 1. The molecule has 1 saturated heterocycles. The van der Waals surface area contributed by atoms with E-state index in [-0.39, 0.29) is 11.9 Å². The Kier molecular flexibility index (Phi) is 2.85. The maximum absolute atomic E-state index is 8.93. The Morgan fingerprint density at radius 1 is 1.60 bits per heavy atom. The van der Waals surface area contributed by atoms with E-state index in [0.29, 0.717) is 29.9 Å². The van der Waals surface area contributed by atoms with Crippen molar-refractivity contribution in [1.29, 1.82) is 5.26 Å². The van der Waals surface area contributed by atoms with Crippen molar-refractivity contribution in [2.24, 2.45) is 0 Å². The third kappa shape index (κ3) is 2.19. The van der Waals surface area contributed by atoms with Crippen molar-refractivity contribution >= 4 is 17.0 Å². The molecule has 3 heterocycles. The summed E-state index contributed by atoms with van der Waals surface area (Å²) in [7, 11) is 0. The number of hydrogen-bond donors (Lipinski definition) is 1. The Bertz CT molecular complexity index is 701. The number of pyridine rings is 1. The number of nitrogens with zero attached hydrogens (tertiary/aromatic N) is 4. The summed E-state index contributed by atoms with van der Waals surface area (Å²) in [6.07, 6.45) is 1.62. The molecule has 3 rings (SSSR count). The second-order valence-electron chi connectivity index (χ2n) is 5.22. The smallest absolute Gasteiger partial charge is 0.163 e. The van der Waals surface area contributed by atoms with Crippen LogP contribution in [0.4, 0.5) is 5.82 Å². The van der Waals surface area contributed by atoms with E-state index in [1.807, 2.05) is 24.5 Å². The lowest BCUT2D eigenvalue weighted by Crippen LogP contribution is -2.24. The Labute approximate surface area is 115 Å². The number of ether oxygens (including phenoxy) is 2. The van der Waals surface area contributed by atoms with Gasteiger partial charge in [0.05, 0.1) is 25.0 Å². The lowest BCUT2D eigenvalue weighted by molar-refractivity contribution is -0.139. The third-order valence-electron chi connectivity index (χ3n) is 3.21. The molecule has 0 amide bonds. The molecule has 0 aromatic carbocycles. The van der Waals surface area contributed by atoms with Gasteiger partial charge < -0.3 is 19.8 Å². The molecule has 0 radical (unpaired) electrons. The third-order valence-corrected chi connectivity index (χ3v) is 3.21. The molecular formula is C13H15N5O2. The molecule has 104 valence electrons. The van der Waals surface area contributed by atoms with Crippen molar-refractivity contribution in [3.63, 3.8) is 0 Å². The van der Waals surface area contributed by atoms with E-state index >= 15 is 0 Å². The Morgan fingerprint density at radius 2 is 2.40 bits per heavy atom. The number of nitriles is 1. The van der Waals surface area contributed by atoms with E-state index in [1.165, 1.54) is 0 Å². The summed E-state index contributed by atoms with van der Waals surface area (Å²) in [5, 5.41) is 8.93. The minimum atomic E-state index is -0.554. The fraction of sp³-hybridized carbons (Fsp3) is 0.462. The highest BCUT2D eigenvalue weighted by atomic mass is 16.7. The van der Waals surface area contributed by atoms with Crippen LogP contribution in [0.1, 0.15) is 19.4 Å². The fourth-order valence-corrected chi connectivity index (χ4v) is 2.30. The first kappa shape index (κ1) is 12.8. The molecule has 1 aliphatic rings. The van der Waals surface area contributed by atoms with Gasteiger partial charge in [-0.3, -0.25) is 0 Å². The minimum absolute atomic E-state index is 0.0546. The van der Waals surface area contributed by atoms with Gasteiger partial charge in [0.2, 0.25) is 0 Å². The molecule has 20 heavy (non-hydrogen) atoms. The second kappa shape index (κ2) is 4.44. The normalized spacial score (nSPS) is 21.1. The standard InChI is InChI=1S/C13H15N5O2/c1-13(2)19-6-9(20-13)5-18-7-16-10-3-8(4-14)11(15)17-12(10)18/h3,7,9H,5-6H2,1-2H3,(H2,15,17). The van der Waals surface area contributed by atoms with E-state index in [1.54, 1.807) is 12.4 Å². The molecule has 1 unspecified atom stereocenters. The van der Waals surface area contributed by atoms with Crippen LogP contribution in [0.15, 0.2) is 12.4 Å². The molecule has 2 aromatic rings. The number of nitrogens with two attached hydrogens (primary N) is 1. The Hall–Kier alpha value is -2.17. The van der Waals surface area contributed by atoms with Gasteiger partial charge in [0.1, 0.15) is 23.5 Å². The van der Waals surface area contributed by atoms with Crippen molar-refractivity contribution in [2.75, 3.05) is 12.3 Å². The maximum atomic E-state index is 8.93. The quantitative estimate of drug-likeness (QED) is 0.877. The molecule has 1 aliphatic heterocycles. The highest BCUT2D eigenvalue weighted by molar-refractivity contribution is 5.76. The van der Waals surface area contributed by atoms with E-state index < -0.39 is 5.79 Å². The minimum Gasteiger partial charge on any atom is -0.383 e. The van der Waals surface area contributed by atoms with E-state index in [0.717, 1.165) is 0 Å². The summed E-state index contributed by atoms with van der Waals surface area (Å²) in [5.74, 6) is -0.340. The average molecular weight is 273 g/mol. The maximum Gasteiger partial charge on any atom is 0.163 e. The lowest BCUT2D eigenvalue weighted by Gasteiger charge is -2.17. The van der Waals surface area contributed by atoms with Crippen molar-refractivity contribution in [3.05, 3.63) is 18.0 Å². The highest BCUT2D eigenvalue weighted by Gasteiger charge is 2.33. The first-order chi connectivity index (χ1) is 9.48. The summed E-state index contributed by atoms with van der Waals surface area (Å²) < 4.78 is 13.2. The van der Waals surface area contributed by atoms with Gasteiger partial charge in [0.15, 0.2) is 11.4 Å². The van der Waals surface area contributed by atoms with Crippen molar-refractivity contribution in [2.45, 2.75) is 32.3 Å². The number of fused-ring (bicyclic) bond motifs is 1. The van der Waals surface area contributed by atoms with E-state index in [9.17, 15) is 0 Å². The molecule has 0 spiro atoms. The summed E-state index contributed by atoms with van der Waals surface area (Å²) >= 11 is 0. The van der Waals surface area contributed by atoms with Gasteiger partial charge >= 0.3 is 0 Å². The molecular weight excluding hydrogens is 258 g/mol. The number of hydrogen-bond acceptors (Lipinski definition) is 6. The SMILES string of the molecule is CC1(C)OCC(Cn2cnc3cc(C#N)c(N)nc32)O1. The second-order valence-corrected chi connectivity index (χ2v) is 5.22. The first-order valence-corrected chi connectivity index (χ1v) is 6.32. The number of anilines is 1. The first-order valence-electron chi connectivity index (χ1n) is 6.32. The molecule has 1 atom stereocenters. The van der Waals surface area contributed by atoms with Crippen LogP contribution >= 0.6 is 0 Å². The van der Waals surface area contributed by atoms with Crippen LogP contribution in [0.5, 0.6) is 0 Å². The largest absolute Gasteiger partial charge is 0.383 e. The monoisotopic (exact) mass is 273 g/mol. The van der Waals surface area contributed by atoms with Crippen LogP contribution < -0.4 is 5.73 Å². The van der Waals surface area contributed by atoms with Crippen molar-refractivity contribution in [3.8, 4) is 6.07 Å². The van der Waals surface area contributed by atoms with Gasteiger partial charge in [0.25, 0.3) is 0 Å². The summed E-state index contributed by atoms with van der Waals surface area (Å²) in [6, 6.07) is 3.64. The van der Waals surface area contributed by atoms with Crippen LogP contribution in [0.25, 0.3) is 11.2 Å². The molecule has 7 heteroatoms. The van der Waals surface area contributed by atoms with Gasteiger partial charge in [-0.15, -0.1) is 0 Å². The van der Waals surface area contributed by atoms with E-state index in [2.05, 4.69) is 9.97 Å². The summed E-state index contributed by atoms with van der Waals surface area (Å²) in [5.41, 5.74) is 7.38. The van der Waals surface area contributed by atoms with E-state index in [4.69, 9.17) is 20.5 Å². The zero-order chi connectivity index (χ0) is 14.3.